The van der Waals surface area contributed by atoms with E-state index in [1.54, 1.807) is 24.3 Å². The average Bonchev–Trinajstić information content (AvgIpc) is 2.58. The van der Waals surface area contributed by atoms with Crippen molar-refractivity contribution < 1.29 is 14.6 Å². The maximum atomic E-state index is 11.6. The molecule has 0 aliphatic carbocycles. The van der Waals surface area contributed by atoms with Crippen molar-refractivity contribution in [3.05, 3.63) is 76.3 Å². The molecule has 3 aromatic carbocycles. The van der Waals surface area contributed by atoms with Gasteiger partial charge in [-0.05, 0) is 34.5 Å². The summed E-state index contributed by atoms with van der Waals surface area (Å²) in [5, 5.41) is 12.3. The standard InChI is InChI=1S/C19H14Cl2O3/c20-16-7-3-6-14(18(16)21)11-17(19(22)23)24-15-9-8-12-4-1-2-5-13(12)10-15/h1-10,17H,11H2,(H,22,23)/t17-/m1/s1. The predicted octanol–water partition coefficient (Wildman–Crippen LogP) is 5.22. The minimum absolute atomic E-state index is 0.127. The highest BCUT2D eigenvalue weighted by molar-refractivity contribution is 6.42. The smallest absolute Gasteiger partial charge is 0.345 e. The van der Waals surface area contributed by atoms with Crippen LogP contribution in [-0.2, 0) is 11.2 Å². The van der Waals surface area contributed by atoms with Crippen molar-refractivity contribution in [2.24, 2.45) is 0 Å². The van der Waals surface area contributed by atoms with Crippen LogP contribution in [-0.4, -0.2) is 17.2 Å². The molecule has 0 heterocycles. The average molecular weight is 361 g/mol. The molecule has 3 rings (SSSR count). The van der Waals surface area contributed by atoms with Gasteiger partial charge in [-0.25, -0.2) is 4.79 Å². The molecule has 3 nitrogen and oxygen atoms in total. The van der Waals surface area contributed by atoms with Gasteiger partial charge in [-0.15, -0.1) is 0 Å². The molecule has 0 amide bonds. The van der Waals surface area contributed by atoms with Crippen LogP contribution < -0.4 is 4.74 Å². The van der Waals surface area contributed by atoms with Crippen molar-refractivity contribution in [3.63, 3.8) is 0 Å². The number of carboxylic acids is 1. The van der Waals surface area contributed by atoms with E-state index in [2.05, 4.69) is 0 Å². The van der Waals surface area contributed by atoms with Gasteiger partial charge in [0.25, 0.3) is 0 Å². The molecule has 1 N–H and O–H groups in total. The van der Waals surface area contributed by atoms with Crippen LogP contribution in [0.2, 0.25) is 10.0 Å². The normalized spacial score (nSPS) is 12.1. The van der Waals surface area contributed by atoms with E-state index in [0.29, 0.717) is 21.4 Å². The van der Waals surface area contributed by atoms with E-state index in [-0.39, 0.29) is 6.42 Å². The monoisotopic (exact) mass is 360 g/mol. The Morgan fingerprint density at radius 1 is 1.00 bits per heavy atom. The highest BCUT2D eigenvalue weighted by Gasteiger charge is 2.22. The predicted molar refractivity (Wildman–Crippen MR) is 96.2 cm³/mol. The molecule has 0 spiro atoms. The Morgan fingerprint density at radius 3 is 2.50 bits per heavy atom. The summed E-state index contributed by atoms with van der Waals surface area (Å²) >= 11 is 12.1. The summed E-state index contributed by atoms with van der Waals surface area (Å²) in [4.78, 5) is 11.6. The van der Waals surface area contributed by atoms with E-state index in [4.69, 9.17) is 27.9 Å². The molecular formula is C19H14Cl2O3. The molecule has 24 heavy (non-hydrogen) atoms. The van der Waals surface area contributed by atoms with E-state index in [9.17, 15) is 9.90 Å². The summed E-state index contributed by atoms with van der Waals surface area (Å²) in [6.07, 6.45) is -0.927. The SMILES string of the molecule is O=C(O)[C@@H](Cc1cccc(Cl)c1Cl)Oc1ccc2ccccc2c1. The summed E-state index contributed by atoms with van der Waals surface area (Å²) in [7, 11) is 0. The Balaban J connectivity index is 1.85. The third kappa shape index (κ3) is 3.64. The summed E-state index contributed by atoms with van der Waals surface area (Å²) in [5.74, 6) is -0.557. The van der Waals surface area contributed by atoms with Gasteiger partial charge in [0, 0.05) is 6.42 Å². The molecular weight excluding hydrogens is 347 g/mol. The first-order chi connectivity index (χ1) is 11.5. The van der Waals surface area contributed by atoms with E-state index >= 15 is 0 Å². The number of rotatable bonds is 5. The van der Waals surface area contributed by atoms with Crippen LogP contribution in [0.1, 0.15) is 5.56 Å². The molecule has 0 unspecified atom stereocenters. The molecule has 0 saturated heterocycles. The third-order valence-electron chi connectivity index (χ3n) is 3.71. The van der Waals surface area contributed by atoms with Crippen molar-refractivity contribution in [1.29, 1.82) is 0 Å². The maximum absolute atomic E-state index is 11.6. The number of hydrogen-bond donors (Lipinski definition) is 1. The zero-order valence-corrected chi connectivity index (χ0v) is 14.1. The fraction of sp³-hybridized carbons (Fsp3) is 0.105. The molecule has 0 saturated carbocycles. The highest BCUT2D eigenvalue weighted by atomic mass is 35.5. The molecule has 0 fully saturated rings. The molecule has 1 atom stereocenters. The van der Waals surface area contributed by atoms with E-state index in [1.165, 1.54) is 0 Å². The summed E-state index contributed by atoms with van der Waals surface area (Å²) in [6, 6.07) is 18.4. The Bertz CT molecular complexity index is 893. The molecule has 0 aromatic heterocycles. The number of halogens is 2. The molecule has 0 aliphatic rings. The van der Waals surface area contributed by atoms with Crippen molar-refractivity contribution in [2.75, 3.05) is 0 Å². The Hall–Kier alpha value is -2.23. The van der Waals surface area contributed by atoms with Crippen LogP contribution in [0.5, 0.6) is 5.75 Å². The number of carbonyl (C=O) groups is 1. The number of hydrogen-bond acceptors (Lipinski definition) is 2. The number of fused-ring (bicyclic) bond motifs is 1. The minimum Gasteiger partial charge on any atom is -0.478 e. The molecule has 122 valence electrons. The van der Waals surface area contributed by atoms with Crippen LogP contribution in [0.25, 0.3) is 10.8 Å². The van der Waals surface area contributed by atoms with Crippen molar-refractivity contribution in [1.82, 2.24) is 0 Å². The van der Waals surface area contributed by atoms with Gasteiger partial charge in [0.2, 0.25) is 0 Å². The van der Waals surface area contributed by atoms with Gasteiger partial charge >= 0.3 is 5.97 Å². The van der Waals surface area contributed by atoms with Crippen LogP contribution in [0.15, 0.2) is 60.7 Å². The Morgan fingerprint density at radius 2 is 1.75 bits per heavy atom. The minimum atomic E-state index is -1.06. The largest absolute Gasteiger partial charge is 0.478 e. The summed E-state index contributed by atoms with van der Waals surface area (Å²) in [5.41, 5.74) is 0.636. The quantitative estimate of drug-likeness (QED) is 0.678. The third-order valence-corrected chi connectivity index (χ3v) is 4.57. The Kier molecular flexibility index (Phi) is 4.93. The van der Waals surface area contributed by atoms with Gasteiger partial charge in [-0.3, -0.25) is 0 Å². The van der Waals surface area contributed by atoms with Gasteiger partial charge in [0.1, 0.15) is 5.75 Å². The van der Waals surface area contributed by atoms with Crippen LogP contribution in [0.3, 0.4) is 0 Å². The fourth-order valence-corrected chi connectivity index (χ4v) is 2.89. The van der Waals surface area contributed by atoms with E-state index < -0.39 is 12.1 Å². The van der Waals surface area contributed by atoms with Crippen molar-refractivity contribution in [2.45, 2.75) is 12.5 Å². The Labute approximate surface area is 149 Å². The van der Waals surface area contributed by atoms with Crippen molar-refractivity contribution >= 4 is 39.9 Å². The number of aliphatic carboxylic acids is 1. The lowest BCUT2D eigenvalue weighted by molar-refractivity contribution is -0.145. The molecule has 0 bridgehead atoms. The molecule has 0 radical (unpaired) electrons. The second kappa shape index (κ2) is 7.12. The van der Waals surface area contributed by atoms with Crippen LogP contribution >= 0.6 is 23.2 Å². The number of benzene rings is 3. The van der Waals surface area contributed by atoms with Crippen LogP contribution in [0, 0.1) is 0 Å². The van der Waals surface area contributed by atoms with Crippen LogP contribution in [0.4, 0.5) is 0 Å². The van der Waals surface area contributed by atoms with Gasteiger partial charge in [-0.1, -0.05) is 65.7 Å². The summed E-state index contributed by atoms with van der Waals surface area (Å²) < 4.78 is 5.68. The first kappa shape index (κ1) is 16.6. The lowest BCUT2D eigenvalue weighted by atomic mass is 10.1. The first-order valence-corrected chi connectivity index (χ1v) is 8.11. The molecule has 0 aliphatic heterocycles. The van der Waals surface area contributed by atoms with Gasteiger partial charge < -0.3 is 9.84 Å². The number of ether oxygens (including phenoxy) is 1. The van der Waals surface area contributed by atoms with Gasteiger partial charge in [0.15, 0.2) is 6.10 Å². The second-order valence-corrected chi connectivity index (χ2v) is 6.16. The zero-order chi connectivity index (χ0) is 17.1. The van der Waals surface area contributed by atoms with E-state index in [1.807, 2.05) is 36.4 Å². The lowest BCUT2D eigenvalue weighted by Gasteiger charge is -2.16. The summed E-state index contributed by atoms with van der Waals surface area (Å²) in [6.45, 7) is 0. The first-order valence-electron chi connectivity index (χ1n) is 7.36. The fourth-order valence-electron chi connectivity index (χ4n) is 2.49. The maximum Gasteiger partial charge on any atom is 0.345 e. The number of carboxylic acid groups (broad SMARTS) is 1. The van der Waals surface area contributed by atoms with Gasteiger partial charge in [-0.2, -0.15) is 0 Å². The van der Waals surface area contributed by atoms with E-state index in [0.717, 1.165) is 10.8 Å². The lowest BCUT2D eigenvalue weighted by Crippen LogP contribution is -2.29. The topological polar surface area (TPSA) is 46.5 Å². The molecule has 3 aromatic rings. The van der Waals surface area contributed by atoms with Gasteiger partial charge in [0.05, 0.1) is 10.0 Å². The highest BCUT2D eigenvalue weighted by Crippen LogP contribution is 2.28. The second-order valence-electron chi connectivity index (χ2n) is 5.37. The molecule has 5 heteroatoms. The zero-order valence-electron chi connectivity index (χ0n) is 12.6. The van der Waals surface area contributed by atoms with Crippen molar-refractivity contribution in [3.8, 4) is 5.75 Å².